The highest BCUT2D eigenvalue weighted by Crippen LogP contribution is 2.30. The summed E-state index contributed by atoms with van der Waals surface area (Å²) in [6.07, 6.45) is -3.26. The Balaban J connectivity index is 2.10. The minimum atomic E-state index is -4.32. The monoisotopic (exact) mass is 414 g/mol. The molecule has 0 amide bonds. The SMILES string of the molecule is CCN(CC)C(CNC(=NC)N1CCC(COC)C1)c1ccc(C(F)(F)F)cc1. The van der Waals surface area contributed by atoms with Crippen LogP contribution in [0.15, 0.2) is 29.3 Å². The fourth-order valence-corrected chi connectivity index (χ4v) is 3.93. The van der Waals surface area contributed by atoms with Gasteiger partial charge in [-0.25, -0.2) is 0 Å². The number of ether oxygens (including phenoxy) is 1. The number of aliphatic imine (C=N–C) groups is 1. The van der Waals surface area contributed by atoms with Crippen LogP contribution in [0.4, 0.5) is 13.2 Å². The van der Waals surface area contributed by atoms with Crippen LogP contribution in [0.1, 0.15) is 37.4 Å². The summed E-state index contributed by atoms with van der Waals surface area (Å²) in [6.45, 7) is 8.86. The Bertz CT molecular complexity index is 644. The zero-order chi connectivity index (χ0) is 21.4. The summed E-state index contributed by atoms with van der Waals surface area (Å²) in [6, 6.07) is 5.45. The molecule has 0 saturated carbocycles. The predicted octanol–water partition coefficient (Wildman–Crippen LogP) is 3.63. The molecule has 164 valence electrons. The van der Waals surface area contributed by atoms with Crippen molar-refractivity contribution in [1.29, 1.82) is 0 Å². The van der Waals surface area contributed by atoms with Gasteiger partial charge in [-0.3, -0.25) is 9.89 Å². The zero-order valence-electron chi connectivity index (χ0n) is 17.8. The van der Waals surface area contributed by atoms with Crippen molar-refractivity contribution < 1.29 is 17.9 Å². The van der Waals surface area contributed by atoms with E-state index in [2.05, 4.69) is 34.0 Å². The van der Waals surface area contributed by atoms with E-state index in [4.69, 9.17) is 4.74 Å². The Morgan fingerprint density at radius 1 is 1.28 bits per heavy atom. The highest BCUT2D eigenvalue weighted by molar-refractivity contribution is 5.80. The Morgan fingerprint density at radius 3 is 2.45 bits per heavy atom. The molecule has 1 fully saturated rings. The number of nitrogens with zero attached hydrogens (tertiary/aromatic N) is 3. The van der Waals surface area contributed by atoms with Crippen LogP contribution in [0, 0.1) is 5.92 Å². The number of rotatable bonds is 8. The van der Waals surface area contributed by atoms with Gasteiger partial charge in [-0.1, -0.05) is 26.0 Å². The molecule has 0 spiro atoms. The van der Waals surface area contributed by atoms with Gasteiger partial charge in [-0.05, 0) is 37.2 Å². The molecular weight excluding hydrogens is 381 g/mol. The van der Waals surface area contributed by atoms with Crippen LogP contribution in [0.2, 0.25) is 0 Å². The van der Waals surface area contributed by atoms with Gasteiger partial charge in [0.1, 0.15) is 0 Å². The van der Waals surface area contributed by atoms with Gasteiger partial charge in [0.05, 0.1) is 18.2 Å². The van der Waals surface area contributed by atoms with Crippen molar-refractivity contribution >= 4 is 5.96 Å². The van der Waals surface area contributed by atoms with E-state index >= 15 is 0 Å². The summed E-state index contributed by atoms with van der Waals surface area (Å²) in [7, 11) is 3.48. The largest absolute Gasteiger partial charge is 0.416 e. The molecule has 0 radical (unpaired) electrons. The molecule has 0 aromatic heterocycles. The van der Waals surface area contributed by atoms with E-state index in [1.807, 2.05) is 0 Å². The third kappa shape index (κ3) is 6.34. The first kappa shape index (κ1) is 23.5. The Kier molecular flexibility index (Phi) is 8.77. The molecule has 1 aliphatic heterocycles. The fraction of sp³-hybridized carbons (Fsp3) is 0.667. The maximum absolute atomic E-state index is 12.9. The van der Waals surface area contributed by atoms with Gasteiger partial charge < -0.3 is 15.0 Å². The number of likely N-dealkylation sites (tertiary alicyclic amines) is 1. The highest BCUT2D eigenvalue weighted by atomic mass is 19.4. The third-order valence-corrected chi connectivity index (χ3v) is 5.53. The lowest BCUT2D eigenvalue weighted by Gasteiger charge is -2.32. The smallest absolute Gasteiger partial charge is 0.384 e. The summed E-state index contributed by atoms with van der Waals surface area (Å²) in [5.41, 5.74) is 0.243. The van der Waals surface area contributed by atoms with E-state index in [-0.39, 0.29) is 6.04 Å². The first-order valence-corrected chi connectivity index (χ1v) is 10.2. The van der Waals surface area contributed by atoms with Gasteiger partial charge in [0.2, 0.25) is 0 Å². The van der Waals surface area contributed by atoms with E-state index in [0.717, 1.165) is 62.9 Å². The van der Waals surface area contributed by atoms with Gasteiger partial charge in [0.15, 0.2) is 5.96 Å². The Morgan fingerprint density at radius 2 is 1.93 bits per heavy atom. The van der Waals surface area contributed by atoms with E-state index in [1.165, 1.54) is 0 Å². The standard InChI is InChI=1S/C21H33F3N4O/c1-5-27(6-2)19(17-7-9-18(10-8-17)21(22,23)24)13-26-20(25-3)28-12-11-16(14-28)15-29-4/h7-10,16,19H,5-6,11-15H2,1-4H3,(H,25,26). The lowest BCUT2D eigenvalue weighted by molar-refractivity contribution is -0.137. The van der Waals surface area contributed by atoms with Gasteiger partial charge in [0, 0.05) is 39.7 Å². The molecular formula is C21H33F3N4O. The normalized spacial score (nSPS) is 19.1. The van der Waals surface area contributed by atoms with Gasteiger partial charge >= 0.3 is 6.18 Å². The third-order valence-electron chi connectivity index (χ3n) is 5.53. The zero-order valence-corrected chi connectivity index (χ0v) is 17.8. The van der Waals surface area contributed by atoms with Crippen molar-refractivity contribution in [3.05, 3.63) is 35.4 Å². The number of alkyl halides is 3. The van der Waals surface area contributed by atoms with Crippen molar-refractivity contribution in [2.24, 2.45) is 10.9 Å². The molecule has 1 aromatic carbocycles. The fourth-order valence-electron chi connectivity index (χ4n) is 3.93. The predicted molar refractivity (Wildman–Crippen MR) is 110 cm³/mol. The molecule has 1 N–H and O–H groups in total. The molecule has 1 aromatic rings. The number of likely N-dealkylation sites (N-methyl/N-ethyl adjacent to an activating group) is 1. The second-order valence-corrected chi connectivity index (χ2v) is 7.34. The average molecular weight is 415 g/mol. The van der Waals surface area contributed by atoms with Crippen molar-refractivity contribution in [1.82, 2.24) is 15.1 Å². The molecule has 1 heterocycles. The van der Waals surface area contributed by atoms with Crippen LogP contribution in [-0.4, -0.2) is 69.2 Å². The van der Waals surface area contributed by atoms with Crippen molar-refractivity contribution in [2.75, 3.05) is 53.5 Å². The summed E-state index contributed by atoms with van der Waals surface area (Å²) >= 11 is 0. The molecule has 8 heteroatoms. The van der Waals surface area contributed by atoms with Crippen molar-refractivity contribution in [3.8, 4) is 0 Å². The number of hydrogen-bond donors (Lipinski definition) is 1. The molecule has 5 nitrogen and oxygen atoms in total. The van der Waals surface area contributed by atoms with E-state index in [0.29, 0.717) is 12.5 Å². The Hall–Kier alpha value is -1.80. The molecule has 0 aliphatic carbocycles. The van der Waals surface area contributed by atoms with E-state index in [9.17, 15) is 13.2 Å². The topological polar surface area (TPSA) is 40.1 Å². The van der Waals surface area contributed by atoms with Crippen LogP contribution in [0.25, 0.3) is 0 Å². The first-order chi connectivity index (χ1) is 13.8. The highest BCUT2D eigenvalue weighted by Gasteiger charge is 2.31. The van der Waals surface area contributed by atoms with E-state index in [1.54, 1.807) is 26.3 Å². The van der Waals surface area contributed by atoms with Crippen molar-refractivity contribution in [3.63, 3.8) is 0 Å². The second kappa shape index (κ2) is 10.8. The molecule has 1 saturated heterocycles. The van der Waals surface area contributed by atoms with Crippen LogP contribution in [-0.2, 0) is 10.9 Å². The second-order valence-electron chi connectivity index (χ2n) is 7.34. The molecule has 29 heavy (non-hydrogen) atoms. The molecule has 1 aliphatic rings. The quantitative estimate of drug-likeness (QED) is 0.521. The van der Waals surface area contributed by atoms with Gasteiger partial charge in [-0.2, -0.15) is 13.2 Å². The van der Waals surface area contributed by atoms with Gasteiger partial charge in [0.25, 0.3) is 0 Å². The minimum absolute atomic E-state index is 0.0404. The molecule has 2 rings (SSSR count). The lowest BCUT2D eigenvalue weighted by Crippen LogP contribution is -2.44. The summed E-state index contributed by atoms with van der Waals surface area (Å²) in [5.74, 6) is 1.32. The molecule has 2 unspecified atom stereocenters. The van der Waals surface area contributed by atoms with Gasteiger partial charge in [-0.15, -0.1) is 0 Å². The molecule has 0 bridgehead atoms. The molecule has 2 atom stereocenters. The number of methoxy groups -OCH3 is 1. The summed E-state index contributed by atoms with van der Waals surface area (Å²) in [4.78, 5) is 8.87. The van der Waals surface area contributed by atoms with Crippen LogP contribution in [0.5, 0.6) is 0 Å². The lowest BCUT2D eigenvalue weighted by atomic mass is 10.0. The summed E-state index contributed by atoms with van der Waals surface area (Å²) < 4.78 is 44.0. The average Bonchev–Trinajstić information content (AvgIpc) is 3.16. The summed E-state index contributed by atoms with van der Waals surface area (Å²) in [5, 5.41) is 3.44. The Labute approximate surface area is 171 Å². The maximum Gasteiger partial charge on any atom is 0.416 e. The number of hydrogen-bond acceptors (Lipinski definition) is 3. The van der Waals surface area contributed by atoms with Crippen molar-refractivity contribution in [2.45, 2.75) is 32.5 Å². The number of guanidine groups is 1. The first-order valence-electron chi connectivity index (χ1n) is 10.2. The maximum atomic E-state index is 12.9. The van der Waals surface area contributed by atoms with Crippen LogP contribution >= 0.6 is 0 Å². The van der Waals surface area contributed by atoms with Crippen LogP contribution in [0.3, 0.4) is 0 Å². The number of halogens is 3. The minimum Gasteiger partial charge on any atom is -0.384 e. The number of nitrogens with one attached hydrogen (secondary N) is 1. The number of benzene rings is 1. The van der Waals surface area contributed by atoms with E-state index < -0.39 is 11.7 Å². The van der Waals surface area contributed by atoms with Crippen LogP contribution < -0.4 is 5.32 Å².